The zero-order chi connectivity index (χ0) is 12.3. The number of hydrogen-bond acceptors (Lipinski definition) is 5. The van der Waals surface area contributed by atoms with E-state index in [-0.39, 0.29) is 5.82 Å². The zero-order valence-corrected chi connectivity index (χ0v) is 8.54. The monoisotopic (exact) mass is 232 g/mol. The summed E-state index contributed by atoms with van der Waals surface area (Å²) >= 11 is 0. The van der Waals surface area contributed by atoms with E-state index in [2.05, 4.69) is 25.9 Å². The summed E-state index contributed by atoms with van der Waals surface area (Å²) in [6.45, 7) is 0. The lowest BCUT2D eigenvalue weighted by Crippen LogP contribution is -2.15. The summed E-state index contributed by atoms with van der Waals surface area (Å²) in [4.78, 5) is 22.5. The van der Waals surface area contributed by atoms with Crippen molar-refractivity contribution in [3.8, 4) is 0 Å². The number of H-pyrrole nitrogens is 1. The first-order valence-electron chi connectivity index (χ1n) is 4.61. The van der Waals surface area contributed by atoms with E-state index >= 15 is 0 Å². The summed E-state index contributed by atoms with van der Waals surface area (Å²) in [6.07, 6.45) is 0. The summed E-state index contributed by atoms with van der Waals surface area (Å²) in [7, 11) is 0. The van der Waals surface area contributed by atoms with Crippen molar-refractivity contribution >= 4 is 17.5 Å². The highest BCUT2D eigenvalue weighted by molar-refractivity contribution is 6.02. The van der Waals surface area contributed by atoms with Gasteiger partial charge in [0, 0.05) is 11.3 Å². The van der Waals surface area contributed by atoms with Gasteiger partial charge in [-0.15, -0.1) is 10.2 Å². The second-order valence-electron chi connectivity index (χ2n) is 3.13. The molecule has 0 bridgehead atoms. The SMILES string of the molecule is NC(=O)c1cccc(NC(=O)c2nn[nH]n2)c1. The number of benzene rings is 1. The quantitative estimate of drug-likeness (QED) is 0.660. The summed E-state index contributed by atoms with van der Waals surface area (Å²) in [5.74, 6) is -1.18. The summed E-state index contributed by atoms with van der Waals surface area (Å²) < 4.78 is 0. The molecule has 0 saturated heterocycles. The zero-order valence-electron chi connectivity index (χ0n) is 8.54. The van der Waals surface area contributed by atoms with Crippen molar-refractivity contribution in [1.29, 1.82) is 0 Å². The van der Waals surface area contributed by atoms with Crippen LogP contribution in [0.3, 0.4) is 0 Å². The molecule has 0 aliphatic rings. The first-order chi connectivity index (χ1) is 8.16. The standard InChI is InChI=1S/C9H8N6O2/c10-7(16)5-2-1-3-6(4-5)11-9(17)8-12-14-15-13-8/h1-4H,(H2,10,16)(H,11,17)(H,12,13,14,15). The third-order valence-corrected chi connectivity index (χ3v) is 1.95. The van der Waals surface area contributed by atoms with Gasteiger partial charge in [-0.25, -0.2) is 0 Å². The molecule has 1 aromatic carbocycles. The predicted molar refractivity (Wildman–Crippen MR) is 57.1 cm³/mol. The fourth-order valence-corrected chi connectivity index (χ4v) is 1.20. The van der Waals surface area contributed by atoms with Crippen molar-refractivity contribution in [2.45, 2.75) is 0 Å². The Morgan fingerprint density at radius 1 is 1.35 bits per heavy atom. The number of rotatable bonds is 3. The van der Waals surface area contributed by atoms with Crippen LogP contribution in [-0.2, 0) is 0 Å². The van der Waals surface area contributed by atoms with Crippen LogP contribution in [-0.4, -0.2) is 32.4 Å². The van der Waals surface area contributed by atoms with E-state index < -0.39 is 11.8 Å². The number of primary amides is 1. The third kappa shape index (κ3) is 2.43. The number of aromatic nitrogens is 4. The van der Waals surface area contributed by atoms with Gasteiger partial charge >= 0.3 is 0 Å². The van der Waals surface area contributed by atoms with Gasteiger partial charge in [-0.2, -0.15) is 5.21 Å². The van der Waals surface area contributed by atoms with Crippen molar-refractivity contribution in [2.75, 3.05) is 5.32 Å². The van der Waals surface area contributed by atoms with Gasteiger partial charge in [0.15, 0.2) is 0 Å². The Labute approximate surface area is 95.2 Å². The number of carbonyl (C=O) groups is 2. The molecular formula is C9H8N6O2. The molecule has 8 nitrogen and oxygen atoms in total. The van der Waals surface area contributed by atoms with Crippen molar-refractivity contribution in [1.82, 2.24) is 20.6 Å². The minimum absolute atomic E-state index is 0.0884. The predicted octanol–water partition coefficient (Wildman–Crippen LogP) is -0.449. The summed E-state index contributed by atoms with van der Waals surface area (Å²) in [5, 5.41) is 15.0. The van der Waals surface area contributed by atoms with Gasteiger partial charge in [0.1, 0.15) is 0 Å². The Kier molecular flexibility index (Phi) is 2.77. The molecule has 17 heavy (non-hydrogen) atoms. The van der Waals surface area contributed by atoms with Crippen molar-refractivity contribution < 1.29 is 9.59 Å². The smallest absolute Gasteiger partial charge is 0.297 e. The summed E-state index contributed by atoms with van der Waals surface area (Å²) in [5.41, 5.74) is 5.85. The van der Waals surface area contributed by atoms with Gasteiger partial charge in [0.25, 0.3) is 11.7 Å². The van der Waals surface area contributed by atoms with E-state index in [0.717, 1.165) is 0 Å². The number of nitrogens with zero attached hydrogens (tertiary/aromatic N) is 3. The second kappa shape index (κ2) is 4.39. The topological polar surface area (TPSA) is 127 Å². The van der Waals surface area contributed by atoms with E-state index in [1.165, 1.54) is 6.07 Å². The van der Waals surface area contributed by atoms with Crippen molar-refractivity contribution in [3.63, 3.8) is 0 Å². The molecule has 2 rings (SSSR count). The highest BCUT2D eigenvalue weighted by Gasteiger charge is 2.11. The Morgan fingerprint density at radius 2 is 2.18 bits per heavy atom. The second-order valence-corrected chi connectivity index (χ2v) is 3.13. The minimum atomic E-state index is -0.569. The molecular weight excluding hydrogens is 224 g/mol. The van der Waals surface area contributed by atoms with Crippen molar-refractivity contribution in [2.24, 2.45) is 5.73 Å². The first-order valence-corrected chi connectivity index (χ1v) is 4.61. The molecule has 0 aliphatic heterocycles. The molecule has 4 N–H and O–H groups in total. The molecule has 0 fully saturated rings. The van der Waals surface area contributed by atoms with Crippen LogP contribution in [0.2, 0.25) is 0 Å². The van der Waals surface area contributed by atoms with Crippen LogP contribution in [0.1, 0.15) is 21.0 Å². The van der Waals surface area contributed by atoms with E-state index in [1.807, 2.05) is 0 Å². The highest BCUT2D eigenvalue weighted by atomic mass is 16.2. The largest absolute Gasteiger partial charge is 0.366 e. The molecule has 1 heterocycles. The van der Waals surface area contributed by atoms with Crippen LogP contribution in [0, 0.1) is 0 Å². The van der Waals surface area contributed by atoms with Crippen LogP contribution in [0.15, 0.2) is 24.3 Å². The number of hydrogen-bond donors (Lipinski definition) is 3. The average Bonchev–Trinajstić information content (AvgIpc) is 2.82. The average molecular weight is 232 g/mol. The Bertz CT molecular complexity index is 550. The number of amides is 2. The molecule has 1 aromatic heterocycles. The molecule has 0 aliphatic carbocycles. The van der Waals surface area contributed by atoms with Gasteiger partial charge in [0.2, 0.25) is 5.91 Å². The Balaban J connectivity index is 2.16. The molecule has 0 spiro atoms. The maximum atomic E-state index is 11.5. The van der Waals surface area contributed by atoms with E-state index in [9.17, 15) is 9.59 Å². The van der Waals surface area contributed by atoms with Crippen LogP contribution < -0.4 is 11.1 Å². The first kappa shape index (κ1) is 10.7. The van der Waals surface area contributed by atoms with Gasteiger partial charge < -0.3 is 11.1 Å². The number of aromatic amines is 1. The minimum Gasteiger partial charge on any atom is -0.366 e. The van der Waals surface area contributed by atoms with Crippen molar-refractivity contribution in [3.05, 3.63) is 35.7 Å². The molecule has 0 radical (unpaired) electrons. The molecule has 0 atom stereocenters. The Morgan fingerprint density at radius 3 is 2.82 bits per heavy atom. The van der Waals surface area contributed by atoms with E-state index in [0.29, 0.717) is 11.3 Å². The molecule has 2 aromatic rings. The van der Waals surface area contributed by atoms with Gasteiger partial charge in [0.05, 0.1) is 0 Å². The lowest BCUT2D eigenvalue weighted by Gasteiger charge is -2.03. The van der Waals surface area contributed by atoms with E-state index in [1.54, 1.807) is 18.2 Å². The molecule has 86 valence electrons. The molecule has 0 saturated carbocycles. The number of carbonyl (C=O) groups excluding carboxylic acids is 2. The lowest BCUT2D eigenvalue weighted by atomic mass is 10.2. The van der Waals surface area contributed by atoms with Crippen LogP contribution in [0.5, 0.6) is 0 Å². The maximum absolute atomic E-state index is 11.5. The summed E-state index contributed by atoms with van der Waals surface area (Å²) in [6, 6.07) is 6.23. The lowest BCUT2D eigenvalue weighted by molar-refractivity contribution is 0.0994. The third-order valence-electron chi connectivity index (χ3n) is 1.95. The van der Waals surface area contributed by atoms with Crippen LogP contribution >= 0.6 is 0 Å². The fourth-order valence-electron chi connectivity index (χ4n) is 1.20. The number of tetrazole rings is 1. The maximum Gasteiger partial charge on any atom is 0.297 e. The van der Waals surface area contributed by atoms with Crippen LogP contribution in [0.4, 0.5) is 5.69 Å². The van der Waals surface area contributed by atoms with Gasteiger partial charge in [-0.3, -0.25) is 9.59 Å². The number of anilines is 1. The van der Waals surface area contributed by atoms with E-state index in [4.69, 9.17) is 5.73 Å². The number of nitrogens with one attached hydrogen (secondary N) is 2. The van der Waals surface area contributed by atoms with Crippen LogP contribution in [0.25, 0.3) is 0 Å². The molecule has 8 heteroatoms. The Hall–Kier alpha value is -2.77. The highest BCUT2D eigenvalue weighted by Crippen LogP contribution is 2.10. The fraction of sp³-hybridized carbons (Fsp3) is 0. The normalized spacial score (nSPS) is 9.88. The number of nitrogens with two attached hydrogens (primary N) is 1. The van der Waals surface area contributed by atoms with Gasteiger partial charge in [-0.1, -0.05) is 6.07 Å². The molecule has 0 unspecified atom stereocenters. The van der Waals surface area contributed by atoms with Gasteiger partial charge in [-0.05, 0) is 23.4 Å². The molecule has 2 amide bonds.